The summed E-state index contributed by atoms with van der Waals surface area (Å²) in [5, 5.41) is 11.2. The molecule has 0 saturated heterocycles. The standard InChI is InChI=1S/C34H46N2O2/c37-30(23-35-19-16-28-12-6-7-13-29(28)22-35)24-36-25-34(17-8-1-2-9-18-34)32-15-14-27(21-31(32)33(36)38)20-26-10-4-3-5-11-26/h6-7,12-15,21,26,30,37H,1-5,8-11,16-20,22-25H2. The molecule has 2 aliphatic carbocycles. The molecule has 1 spiro atoms. The molecule has 6 rings (SSSR count). The molecule has 2 aliphatic heterocycles. The van der Waals surface area contributed by atoms with Crippen LogP contribution in [0, 0.1) is 5.92 Å². The maximum absolute atomic E-state index is 14.0. The Morgan fingerprint density at radius 1 is 0.895 bits per heavy atom. The molecule has 0 radical (unpaired) electrons. The maximum atomic E-state index is 14.0. The Morgan fingerprint density at radius 2 is 1.63 bits per heavy atom. The quantitative estimate of drug-likeness (QED) is 0.494. The van der Waals surface area contributed by atoms with Crippen molar-refractivity contribution in [1.29, 1.82) is 0 Å². The van der Waals surface area contributed by atoms with Crippen LogP contribution < -0.4 is 0 Å². The van der Waals surface area contributed by atoms with Gasteiger partial charge >= 0.3 is 0 Å². The Labute approximate surface area is 229 Å². The first-order chi connectivity index (χ1) is 18.6. The second-order valence-corrected chi connectivity index (χ2v) is 12.9. The fourth-order valence-electron chi connectivity index (χ4n) is 8.08. The van der Waals surface area contributed by atoms with E-state index in [2.05, 4.69) is 47.4 Å². The van der Waals surface area contributed by atoms with Crippen LogP contribution in [0.5, 0.6) is 0 Å². The van der Waals surface area contributed by atoms with Crippen molar-refractivity contribution in [2.45, 2.75) is 102 Å². The molecule has 4 aliphatic rings. The molecule has 1 atom stereocenters. The molecule has 1 amide bonds. The molecule has 38 heavy (non-hydrogen) atoms. The van der Waals surface area contributed by atoms with E-state index in [1.807, 2.05) is 4.90 Å². The van der Waals surface area contributed by atoms with E-state index >= 15 is 0 Å². The highest BCUT2D eigenvalue weighted by Gasteiger charge is 2.43. The van der Waals surface area contributed by atoms with Crippen molar-refractivity contribution in [3.8, 4) is 0 Å². The van der Waals surface area contributed by atoms with Gasteiger partial charge in [-0.2, -0.15) is 0 Å². The maximum Gasteiger partial charge on any atom is 0.254 e. The van der Waals surface area contributed by atoms with Crippen LogP contribution in [0.15, 0.2) is 42.5 Å². The average molecular weight is 515 g/mol. The lowest BCUT2D eigenvalue weighted by Gasteiger charge is -2.45. The van der Waals surface area contributed by atoms with Gasteiger partial charge in [-0.1, -0.05) is 94.2 Å². The lowest BCUT2D eigenvalue weighted by molar-refractivity contribution is 0.0395. The van der Waals surface area contributed by atoms with Crippen LogP contribution >= 0.6 is 0 Å². The lowest BCUT2D eigenvalue weighted by Crippen LogP contribution is -2.53. The van der Waals surface area contributed by atoms with Gasteiger partial charge in [0.15, 0.2) is 0 Å². The number of fused-ring (bicyclic) bond motifs is 3. The summed E-state index contributed by atoms with van der Waals surface area (Å²) in [6.45, 7) is 3.68. The third kappa shape index (κ3) is 5.58. The number of hydrogen-bond acceptors (Lipinski definition) is 3. The van der Waals surface area contributed by atoms with Gasteiger partial charge in [-0.25, -0.2) is 0 Å². The molecular formula is C34H46N2O2. The number of β-amino-alcohol motifs (C(OH)–C–C–N with tert-alkyl or cyclic N) is 1. The molecule has 1 unspecified atom stereocenters. The van der Waals surface area contributed by atoms with E-state index in [9.17, 15) is 9.90 Å². The zero-order valence-corrected chi connectivity index (χ0v) is 23.2. The Hall–Kier alpha value is -2.17. The summed E-state index contributed by atoms with van der Waals surface area (Å²) in [5.74, 6) is 0.906. The fourth-order valence-corrected chi connectivity index (χ4v) is 8.08. The minimum Gasteiger partial charge on any atom is -0.390 e. The molecular weight excluding hydrogens is 468 g/mol. The lowest BCUT2D eigenvalue weighted by atomic mass is 9.69. The van der Waals surface area contributed by atoms with Gasteiger partial charge in [-0.05, 0) is 59.9 Å². The Bertz CT molecular complexity index is 1110. The van der Waals surface area contributed by atoms with E-state index in [1.54, 1.807) is 0 Å². The zero-order valence-electron chi connectivity index (χ0n) is 23.2. The second-order valence-electron chi connectivity index (χ2n) is 12.9. The highest BCUT2D eigenvalue weighted by atomic mass is 16.3. The van der Waals surface area contributed by atoms with Gasteiger partial charge in [-0.15, -0.1) is 0 Å². The van der Waals surface area contributed by atoms with Gasteiger partial charge < -0.3 is 10.0 Å². The van der Waals surface area contributed by atoms with Gasteiger partial charge in [0.1, 0.15) is 0 Å². The topological polar surface area (TPSA) is 43.8 Å². The van der Waals surface area contributed by atoms with E-state index in [0.29, 0.717) is 13.1 Å². The molecule has 1 N–H and O–H groups in total. The first-order valence-corrected chi connectivity index (χ1v) is 15.5. The molecule has 2 aromatic rings. The number of aliphatic hydroxyl groups excluding tert-OH is 1. The summed E-state index contributed by atoms with van der Waals surface area (Å²) in [7, 11) is 0. The number of rotatable bonds is 6. The van der Waals surface area contributed by atoms with Crippen LogP contribution in [0.4, 0.5) is 0 Å². The number of nitrogens with zero attached hydrogens (tertiary/aromatic N) is 2. The number of amides is 1. The summed E-state index contributed by atoms with van der Waals surface area (Å²) in [5.41, 5.74) is 6.42. The first-order valence-electron chi connectivity index (χ1n) is 15.5. The predicted octanol–water partition coefficient (Wildman–Crippen LogP) is 6.28. The highest BCUT2D eigenvalue weighted by molar-refractivity contribution is 5.97. The number of hydrogen-bond donors (Lipinski definition) is 1. The summed E-state index contributed by atoms with van der Waals surface area (Å²) in [4.78, 5) is 18.4. The molecule has 2 saturated carbocycles. The minimum atomic E-state index is -0.529. The smallest absolute Gasteiger partial charge is 0.254 e. The number of carbonyl (C=O) groups is 1. The van der Waals surface area contributed by atoms with Crippen molar-refractivity contribution < 1.29 is 9.90 Å². The van der Waals surface area contributed by atoms with Gasteiger partial charge in [-0.3, -0.25) is 9.69 Å². The predicted molar refractivity (Wildman–Crippen MR) is 153 cm³/mol. The molecule has 0 aromatic heterocycles. The molecule has 2 aromatic carbocycles. The van der Waals surface area contributed by atoms with Crippen molar-refractivity contribution >= 4 is 5.91 Å². The van der Waals surface area contributed by atoms with Crippen LogP contribution in [0.25, 0.3) is 0 Å². The number of aliphatic hydroxyl groups is 1. The second kappa shape index (κ2) is 11.5. The third-order valence-electron chi connectivity index (χ3n) is 10.1. The van der Waals surface area contributed by atoms with E-state index in [4.69, 9.17) is 0 Å². The van der Waals surface area contributed by atoms with Crippen molar-refractivity contribution in [3.63, 3.8) is 0 Å². The minimum absolute atomic E-state index is 0.0485. The first kappa shape index (κ1) is 26.1. The summed E-state index contributed by atoms with van der Waals surface area (Å²) >= 11 is 0. The Balaban J connectivity index is 1.20. The Morgan fingerprint density at radius 3 is 2.42 bits per heavy atom. The SMILES string of the molecule is O=C1c2cc(CC3CCCCC3)ccc2C2(CCCCCC2)CN1CC(O)CN1CCc2ccccc2C1. The average Bonchev–Trinajstić information content (AvgIpc) is 3.18. The van der Waals surface area contributed by atoms with Gasteiger partial charge in [0.25, 0.3) is 5.91 Å². The molecule has 4 nitrogen and oxygen atoms in total. The van der Waals surface area contributed by atoms with Crippen LogP contribution in [0.1, 0.15) is 103 Å². The number of benzene rings is 2. The zero-order chi connectivity index (χ0) is 26.0. The molecule has 2 fully saturated rings. The Kier molecular flexibility index (Phi) is 7.90. The van der Waals surface area contributed by atoms with Crippen LogP contribution in [0.3, 0.4) is 0 Å². The van der Waals surface area contributed by atoms with E-state index in [1.165, 1.54) is 80.0 Å². The van der Waals surface area contributed by atoms with Crippen molar-refractivity contribution in [2.24, 2.45) is 5.92 Å². The monoisotopic (exact) mass is 514 g/mol. The summed E-state index contributed by atoms with van der Waals surface area (Å²) in [6, 6.07) is 15.6. The normalized spacial score (nSPS) is 23.1. The summed E-state index contributed by atoms with van der Waals surface area (Å²) in [6.07, 6.45) is 15.7. The fraction of sp³-hybridized carbons (Fsp3) is 0.618. The van der Waals surface area contributed by atoms with Crippen LogP contribution in [0.2, 0.25) is 0 Å². The van der Waals surface area contributed by atoms with E-state index in [-0.39, 0.29) is 11.3 Å². The van der Waals surface area contributed by atoms with Gasteiger partial charge in [0, 0.05) is 43.7 Å². The molecule has 2 heterocycles. The van der Waals surface area contributed by atoms with E-state index in [0.717, 1.165) is 56.8 Å². The largest absolute Gasteiger partial charge is 0.390 e. The van der Waals surface area contributed by atoms with Crippen LogP contribution in [-0.2, 0) is 24.8 Å². The van der Waals surface area contributed by atoms with Crippen LogP contribution in [-0.4, -0.2) is 53.1 Å². The van der Waals surface area contributed by atoms with Crippen molar-refractivity contribution in [1.82, 2.24) is 9.80 Å². The summed E-state index contributed by atoms with van der Waals surface area (Å²) < 4.78 is 0. The number of carbonyl (C=O) groups excluding carboxylic acids is 1. The third-order valence-corrected chi connectivity index (χ3v) is 10.1. The van der Waals surface area contributed by atoms with Gasteiger partial charge in [0.2, 0.25) is 0 Å². The van der Waals surface area contributed by atoms with Gasteiger partial charge in [0.05, 0.1) is 6.10 Å². The molecule has 204 valence electrons. The van der Waals surface area contributed by atoms with Crippen molar-refractivity contribution in [2.75, 3.05) is 26.2 Å². The molecule has 0 bridgehead atoms. The van der Waals surface area contributed by atoms with E-state index < -0.39 is 6.10 Å². The highest BCUT2D eigenvalue weighted by Crippen LogP contribution is 2.44. The molecule has 4 heteroatoms. The van der Waals surface area contributed by atoms with Crippen molar-refractivity contribution in [3.05, 3.63) is 70.3 Å².